The molecule has 0 aliphatic carbocycles. The summed E-state index contributed by atoms with van der Waals surface area (Å²) in [6.45, 7) is 11.2. The topological polar surface area (TPSA) is 56.1 Å². The lowest BCUT2D eigenvalue weighted by molar-refractivity contribution is 0.282. The number of aromatic nitrogens is 2. The number of rotatable bonds is 5. The van der Waals surface area contributed by atoms with Gasteiger partial charge in [-0.05, 0) is 20.8 Å². The lowest BCUT2D eigenvalue weighted by atomic mass is 10.1. The second-order valence-electron chi connectivity index (χ2n) is 5.54. The lowest BCUT2D eigenvalue weighted by Gasteiger charge is -2.22. The minimum Gasteiger partial charge on any atom is -0.472 e. The lowest BCUT2D eigenvalue weighted by Crippen LogP contribution is -2.35. The zero-order chi connectivity index (χ0) is 13.8. The molecule has 1 N–H and O–H groups in total. The molecule has 1 heterocycles. The van der Waals surface area contributed by atoms with E-state index in [9.17, 15) is 4.79 Å². The van der Waals surface area contributed by atoms with E-state index in [0.717, 1.165) is 0 Å². The standard InChI is InChI=1S/C13H23N3O2/c1-10(2)14-7-9-18-11-12(17)16(8-6-15-11)13(3,4)5/h6,8,10,14H,7,9H2,1-5H3. The van der Waals surface area contributed by atoms with E-state index in [4.69, 9.17) is 4.74 Å². The summed E-state index contributed by atoms with van der Waals surface area (Å²) in [6.07, 6.45) is 3.28. The summed E-state index contributed by atoms with van der Waals surface area (Å²) in [5, 5.41) is 3.22. The first-order valence-electron chi connectivity index (χ1n) is 6.26. The van der Waals surface area contributed by atoms with Gasteiger partial charge in [0.1, 0.15) is 6.61 Å². The zero-order valence-corrected chi connectivity index (χ0v) is 11.9. The van der Waals surface area contributed by atoms with Crippen molar-refractivity contribution in [2.45, 2.75) is 46.2 Å². The fraction of sp³-hybridized carbons (Fsp3) is 0.692. The summed E-state index contributed by atoms with van der Waals surface area (Å²) < 4.78 is 7.05. The van der Waals surface area contributed by atoms with Gasteiger partial charge in [0.2, 0.25) is 0 Å². The van der Waals surface area contributed by atoms with Gasteiger partial charge in [-0.1, -0.05) is 13.8 Å². The largest absolute Gasteiger partial charge is 0.472 e. The molecule has 0 aliphatic heterocycles. The first-order valence-corrected chi connectivity index (χ1v) is 6.26. The maximum atomic E-state index is 12.1. The van der Waals surface area contributed by atoms with Crippen LogP contribution in [0.25, 0.3) is 0 Å². The Labute approximate surface area is 108 Å². The third-order valence-electron chi connectivity index (χ3n) is 2.43. The molecule has 0 unspecified atom stereocenters. The van der Waals surface area contributed by atoms with Crippen LogP contribution in [-0.4, -0.2) is 28.7 Å². The molecule has 0 aliphatic rings. The molecule has 1 rings (SSSR count). The molecule has 0 atom stereocenters. The Morgan fingerprint density at radius 3 is 2.67 bits per heavy atom. The van der Waals surface area contributed by atoms with Gasteiger partial charge in [-0.25, -0.2) is 4.98 Å². The third kappa shape index (κ3) is 4.14. The molecule has 1 aromatic rings. The van der Waals surface area contributed by atoms with Crippen molar-refractivity contribution < 1.29 is 4.74 Å². The van der Waals surface area contributed by atoms with Gasteiger partial charge in [-0.3, -0.25) is 4.79 Å². The van der Waals surface area contributed by atoms with Gasteiger partial charge in [0.25, 0.3) is 5.88 Å². The van der Waals surface area contributed by atoms with E-state index in [0.29, 0.717) is 19.2 Å². The molecule has 0 saturated carbocycles. The van der Waals surface area contributed by atoms with E-state index in [1.54, 1.807) is 17.0 Å². The first-order chi connectivity index (χ1) is 8.32. The van der Waals surface area contributed by atoms with E-state index in [1.165, 1.54) is 0 Å². The highest BCUT2D eigenvalue weighted by Crippen LogP contribution is 2.11. The Morgan fingerprint density at radius 1 is 1.44 bits per heavy atom. The molecule has 0 radical (unpaired) electrons. The van der Waals surface area contributed by atoms with Crippen molar-refractivity contribution in [1.82, 2.24) is 14.9 Å². The molecule has 0 fully saturated rings. The fourth-order valence-corrected chi connectivity index (χ4v) is 1.52. The van der Waals surface area contributed by atoms with Crippen LogP contribution in [-0.2, 0) is 5.54 Å². The van der Waals surface area contributed by atoms with Gasteiger partial charge in [-0.2, -0.15) is 0 Å². The van der Waals surface area contributed by atoms with Crippen molar-refractivity contribution in [3.8, 4) is 5.88 Å². The summed E-state index contributed by atoms with van der Waals surface area (Å²) >= 11 is 0. The average Bonchev–Trinajstić information content (AvgIpc) is 2.24. The maximum Gasteiger partial charge on any atom is 0.313 e. The molecule has 18 heavy (non-hydrogen) atoms. The van der Waals surface area contributed by atoms with E-state index < -0.39 is 0 Å². The SMILES string of the molecule is CC(C)NCCOc1nccn(C(C)(C)C)c1=O. The summed E-state index contributed by atoms with van der Waals surface area (Å²) in [6, 6.07) is 0.406. The summed E-state index contributed by atoms with van der Waals surface area (Å²) in [7, 11) is 0. The van der Waals surface area contributed by atoms with Crippen LogP contribution in [0.3, 0.4) is 0 Å². The molecule has 0 bridgehead atoms. The van der Waals surface area contributed by atoms with E-state index in [1.807, 2.05) is 20.8 Å². The van der Waals surface area contributed by atoms with Gasteiger partial charge >= 0.3 is 5.56 Å². The minimum atomic E-state index is -0.270. The monoisotopic (exact) mass is 253 g/mol. The van der Waals surface area contributed by atoms with Crippen LogP contribution >= 0.6 is 0 Å². The van der Waals surface area contributed by atoms with Gasteiger partial charge in [0.05, 0.1) is 0 Å². The molecule has 0 aromatic carbocycles. The van der Waals surface area contributed by atoms with E-state index in [-0.39, 0.29) is 17.0 Å². The van der Waals surface area contributed by atoms with Gasteiger partial charge < -0.3 is 14.6 Å². The summed E-state index contributed by atoms with van der Waals surface area (Å²) in [5.41, 5.74) is -0.455. The number of hydrogen-bond donors (Lipinski definition) is 1. The Morgan fingerprint density at radius 2 is 2.11 bits per heavy atom. The van der Waals surface area contributed by atoms with Crippen LogP contribution in [0.4, 0.5) is 0 Å². The highest BCUT2D eigenvalue weighted by Gasteiger charge is 2.17. The predicted octanol–water partition coefficient (Wildman–Crippen LogP) is 1.38. The second-order valence-corrected chi connectivity index (χ2v) is 5.54. The number of ether oxygens (including phenoxy) is 1. The number of nitrogens with one attached hydrogen (secondary N) is 1. The Bertz CT molecular complexity index is 433. The van der Waals surface area contributed by atoms with Crippen molar-refractivity contribution in [2.24, 2.45) is 0 Å². The van der Waals surface area contributed by atoms with Crippen LogP contribution < -0.4 is 15.6 Å². The molecule has 0 saturated heterocycles. The smallest absolute Gasteiger partial charge is 0.313 e. The maximum absolute atomic E-state index is 12.1. The van der Waals surface area contributed by atoms with Gasteiger partial charge in [0.15, 0.2) is 0 Å². The highest BCUT2D eigenvalue weighted by atomic mass is 16.5. The molecule has 5 nitrogen and oxygen atoms in total. The molecule has 5 heteroatoms. The van der Waals surface area contributed by atoms with Crippen molar-refractivity contribution in [2.75, 3.05) is 13.2 Å². The molecule has 0 amide bonds. The van der Waals surface area contributed by atoms with Crippen LogP contribution in [0, 0.1) is 0 Å². The van der Waals surface area contributed by atoms with Crippen molar-refractivity contribution in [3.05, 3.63) is 22.7 Å². The van der Waals surface area contributed by atoms with Gasteiger partial charge in [0, 0.05) is 30.5 Å². The molecular formula is C13H23N3O2. The Hall–Kier alpha value is -1.36. The summed E-state index contributed by atoms with van der Waals surface area (Å²) in [4.78, 5) is 16.1. The quantitative estimate of drug-likeness (QED) is 0.805. The zero-order valence-electron chi connectivity index (χ0n) is 11.9. The summed E-state index contributed by atoms with van der Waals surface area (Å²) in [5.74, 6) is 0.165. The first kappa shape index (κ1) is 14.7. The Balaban J connectivity index is 2.71. The van der Waals surface area contributed by atoms with E-state index in [2.05, 4.69) is 24.1 Å². The average molecular weight is 253 g/mol. The van der Waals surface area contributed by atoms with Crippen molar-refractivity contribution in [3.63, 3.8) is 0 Å². The highest BCUT2D eigenvalue weighted by molar-refractivity contribution is 5.06. The minimum absolute atomic E-state index is 0.165. The van der Waals surface area contributed by atoms with Crippen LogP contribution in [0.5, 0.6) is 5.88 Å². The van der Waals surface area contributed by atoms with Crippen LogP contribution in [0.2, 0.25) is 0 Å². The number of nitrogens with zero attached hydrogens (tertiary/aromatic N) is 2. The van der Waals surface area contributed by atoms with Gasteiger partial charge in [-0.15, -0.1) is 0 Å². The third-order valence-corrected chi connectivity index (χ3v) is 2.43. The predicted molar refractivity (Wildman–Crippen MR) is 72.1 cm³/mol. The molecule has 0 spiro atoms. The molecule has 1 aromatic heterocycles. The normalized spacial score (nSPS) is 11.9. The fourth-order valence-electron chi connectivity index (χ4n) is 1.52. The van der Waals surface area contributed by atoms with Crippen LogP contribution in [0.1, 0.15) is 34.6 Å². The molecule has 102 valence electrons. The Kier molecular flexibility index (Phi) is 4.90. The molecular weight excluding hydrogens is 230 g/mol. The second kappa shape index (κ2) is 6.00. The van der Waals surface area contributed by atoms with Crippen molar-refractivity contribution >= 4 is 0 Å². The number of hydrogen-bond acceptors (Lipinski definition) is 4. The van der Waals surface area contributed by atoms with Crippen LogP contribution in [0.15, 0.2) is 17.2 Å². The van der Waals surface area contributed by atoms with Crippen molar-refractivity contribution in [1.29, 1.82) is 0 Å². The van der Waals surface area contributed by atoms with E-state index >= 15 is 0 Å².